The first kappa shape index (κ1) is 18.7. The zero-order valence-corrected chi connectivity index (χ0v) is 15.5. The number of pyridine rings is 1. The number of benzene rings is 1. The number of halogens is 2. The van der Waals surface area contributed by atoms with Crippen molar-refractivity contribution in [3.05, 3.63) is 64.9 Å². The number of hydrogen-bond acceptors (Lipinski definition) is 2. The fourth-order valence-corrected chi connectivity index (χ4v) is 2.01. The number of rotatable bonds is 5. The van der Waals surface area contributed by atoms with Gasteiger partial charge in [-0.1, -0.05) is 35.9 Å². The fraction of sp³-hybridized carbons (Fsp3) is 0.250. The average Bonchev–Trinajstić information content (AvgIpc) is 2.52. The zero-order chi connectivity index (χ0) is 14.9. The molecule has 0 unspecified atom stereocenters. The second-order valence-corrected chi connectivity index (χ2v) is 4.87. The molecule has 2 N–H and O–H groups in total. The molecule has 4 nitrogen and oxygen atoms in total. The maximum atomic E-state index is 6.14. The topological polar surface area (TPSA) is 49.3 Å². The van der Waals surface area contributed by atoms with E-state index in [0.717, 1.165) is 28.8 Å². The van der Waals surface area contributed by atoms with Crippen LogP contribution in [0, 0.1) is 0 Å². The van der Waals surface area contributed by atoms with Crippen molar-refractivity contribution in [1.82, 2.24) is 15.6 Å². The van der Waals surface area contributed by atoms with E-state index >= 15 is 0 Å². The highest BCUT2D eigenvalue weighted by atomic mass is 127. The van der Waals surface area contributed by atoms with Gasteiger partial charge in [-0.3, -0.25) is 4.98 Å². The second kappa shape index (κ2) is 10.4. The van der Waals surface area contributed by atoms with Crippen molar-refractivity contribution in [2.45, 2.75) is 20.0 Å². The summed E-state index contributed by atoms with van der Waals surface area (Å²) >= 11 is 6.14. The summed E-state index contributed by atoms with van der Waals surface area (Å²) in [5, 5.41) is 7.21. The lowest BCUT2D eigenvalue weighted by Gasteiger charge is -2.11. The molecule has 0 fully saturated rings. The smallest absolute Gasteiger partial charge is 0.191 e. The van der Waals surface area contributed by atoms with Gasteiger partial charge in [-0.25, -0.2) is 4.99 Å². The van der Waals surface area contributed by atoms with Gasteiger partial charge < -0.3 is 10.6 Å². The number of nitrogens with one attached hydrogen (secondary N) is 2. The van der Waals surface area contributed by atoms with Gasteiger partial charge in [0.25, 0.3) is 0 Å². The van der Waals surface area contributed by atoms with Crippen LogP contribution in [0.5, 0.6) is 0 Å². The molecule has 0 aliphatic heterocycles. The molecule has 0 amide bonds. The van der Waals surface area contributed by atoms with Crippen LogP contribution < -0.4 is 10.6 Å². The molecule has 0 radical (unpaired) electrons. The molecule has 6 heteroatoms. The van der Waals surface area contributed by atoms with Crippen LogP contribution in [-0.4, -0.2) is 17.5 Å². The third-order valence-electron chi connectivity index (χ3n) is 2.87. The predicted octanol–water partition coefficient (Wildman–Crippen LogP) is 3.61. The Labute approximate surface area is 153 Å². The van der Waals surface area contributed by atoms with Crippen LogP contribution >= 0.6 is 35.6 Å². The molecule has 0 atom stereocenters. The standard InChI is InChI=1S/C16H19ClN4.HI/c1-2-18-16(21-12-14-8-5-6-10-19-14)20-11-13-7-3-4-9-15(13)17;/h3-10H,2,11-12H2,1H3,(H2,18,20,21);1H. The number of aliphatic imine (C=N–C) groups is 1. The molecule has 0 spiro atoms. The molecule has 1 aromatic carbocycles. The van der Waals surface area contributed by atoms with Crippen molar-refractivity contribution in [3.8, 4) is 0 Å². The van der Waals surface area contributed by atoms with Crippen molar-refractivity contribution in [2.75, 3.05) is 6.54 Å². The Bertz CT molecular complexity index is 590. The molecule has 22 heavy (non-hydrogen) atoms. The number of hydrogen-bond donors (Lipinski definition) is 2. The van der Waals surface area contributed by atoms with E-state index in [1.165, 1.54) is 0 Å². The van der Waals surface area contributed by atoms with Crippen molar-refractivity contribution < 1.29 is 0 Å². The van der Waals surface area contributed by atoms with Crippen LogP contribution in [0.3, 0.4) is 0 Å². The molecule has 0 saturated heterocycles. The summed E-state index contributed by atoms with van der Waals surface area (Å²) in [5.41, 5.74) is 1.98. The normalized spacial score (nSPS) is 10.7. The van der Waals surface area contributed by atoms with Crippen molar-refractivity contribution in [1.29, 1.82) is 0 Å². The molecule has 2 aromatic rings. The highest BCUT2D eigenvalue weighted by Gasteiger charge is 2.01. The largest absolute Gasteiger partial charge is 0.357 e. The minimum Gasteiger partial charge on any atom is -0.357 e. The Morgan fingerprint density at radius 3 is 2.59 bits per heavy atom. The molecule has 1 heterocycles. The fourth-order valence-electron chi connectivity index (χ4n) is 1.81. The molecule has 0 aliphatic rings. The highest BCUT2D eigenvalue weighted by Crippen LogP contribution is 2.15. The van der Waals surface area contributed by atoms with Crippen LogP contribution in [-0.2, 0) is 13.1 Å². The summed E-state index contributed by atoms with van der Waals surface area (Å²) in [4.78, 5) is 8.82. The Morgan fingerprint density at radius 2 is 1.91 bits per heavy atom. The van der Waals surface area contributed by atoms with Gasteiger partial charge in [0.15, 0.2) is 5.96 Å². The van der Waals surface area contributed by atoms with Gasteiger partial charge in [0.1, 0.15) is 0 Å². The lowest BCUT2D eigenvalue weighted by Crippen LogP contribution is -2.37. The predicted molar refractivity (Wildman–Crippen MR) is 103 cm³/mol. The van der Waals surface area contributed by atoms with Crippen molar-refractivity contribution in [2.24, 2.45) is 4.99 Å². The second-order valence-electron chi connectivity index (χ2n) is 4.46. The van der Waals surface area contributed by atoms with E-state index in [1.807, 2.05) is 49.4 Å². The van der Waals surface area contributed by atoms with Gasteiger partial charge >= 0.3 is 0 Å². The van der Waals surface area contributed by atoms with E-state index < -0.39 is 0 Å². The number of guanidine groups is 1. The molecule has 0 bridgehead atoms. The van der Waals surface area contributed by atoms with Gasteiger partial charge in [-0.05, 0) is 30.7 Å². The van der Waals surface area contributed by atoms with Crippen LogP contribution in [0.4, 0.5) is 0 Å². The van der Waals surface area contributed by atoms with E-state index in [0.29, 0.717) is 13.1 Å². The van der Waals surface area contributed by atoms with Gasteiger partial charge in [0, 0.05) is 17.8 Å². The minimum atomic E-state index is 0. The van der Waals surface area contributed by atoms with E-state index in [1.54, 1.807) is 6.20 Å². The maximum Gasteiger partial charge on any atom is 0.191 e. The van der Waals surface area contributed by atoms with E-state index in [2.05, 4.69) is 20.6 Å². The van der Waals surface area contributed by atoms with Crippen LogP contribution in [0.25, 0.3) is 0 Å². The zero-order valence-electron chi connectivity index (χ0n) is 12.4. The van der Waals surface area contributed by atoms with Gasteiger partial charge in [-0.15, -0.1) is 24.0 Å². The van der Waals surface area contributed by atoms with Crippen LogP contribution in [0.1, 0.15) is 18.2 Å². The average molecular weight is 431 g/mol. The summed E-state index contributed by atoms with van der Waals surface area (Å²) in [6.07, 6.45) is 1.78. The Hall–Kier alpha value is -1.34. The van der Waals surface area contributed by atoms with Crippen LogP contribution in [0.2, 0.25) is 5.02 Å². The Balaban J connectivity index is 0.00000242. The lowest BCUT2D eigenvalue weighted by atomic mass is 10.2. The third-order valence-corrected chi connectivity index (χ3v) is 3.24. The summed E-state index contributed by atoms with van der Waals surface area (Å²) in [6.45, 7) is 4.01. The van der Waals surface area contributed by atoms with Gasteiger partial charge in [-0.2, -0.15) is 0 Å². The van der Waals surface area contributed by atoms with Crippen molar-refractivity contribution >= 4 is 41.5 Å². The Morgan fingerprint density at radius 1 is 1.14 bits per heavy atom. The third kappa shape index (κ3) is 6.19. The first-order chi connectivity index (χ1) is 10.3. The van der Waals surface area contributed by atoms with Crippen molar-refractivity contribution in [3.63, 3.8) is 0 Å². The molecule has 118 valence electrons. The van der Waals surface area contributed by atoms with Gasteiger partial charge in [0.2, 0.25) is 0 Å². The van der Waals surface area contributed by atoms with Crippen LogP contribution in [0.15, 0.2) is 53.7 Å². The maximum absolute atomic E-state index is 6.14. The van der Waals surface area contributed by atoms with E-state index in [-0.39, 0.29) is 24.0 Å². The van der Waals surface area contributed by atoms with E-state index in [9.17, 15) is 0 Å². The lowest BCUT2D eigenvalue weighted by molar-refractivity contribution is 0.799. The summed E-state index contributed by atoms with van der Waals surface area (Å²) in [6, 6.07) is 13.6. The molecule has 1 aromatic heterocycles. The summed E-state index contributed by atoms with van der Waals surface area (Å²) in [7, 11) is 0. The molecular weight excluding hydrogens is 411 g/mol. The van der Waals surface area contributed by atoms with Gasteiger partial charge in [0.05, 0.1) is 18.8 Å². The highest BCUT2D eigenvalue weighted by molar-refractivity contribution is 14.0. The first-order valence-electron chi connectivity index (χ1n) is 6.95. The molecule has 0 aliphatic carbocycles. The van der Waals surface area contributed by atoms with E-state index in [4.69, 9.17) is 11.6 Å². The molecule has 2 rings (SSSR count). The molecule has 0 saturated carbocycles. The summed E-state index contributed by atoms with van der Waals surface area (Å²) < 4.78 is 0. The number of aromatic nitrogens is 1. The first-order valence-corrected chi connectivity index (χ1v) is 7.33. The summed E-state index contributed by atoms with van der Waals surface area (Å²) in [5.74, 6) is 0.753. The minimum absolute atomic E-state index is 0. The Kier molecular flexibility index (Phi) is 8.84. The monoisotopic (exact) mass is 430 g/mol. The SMILES string of the molecule is CCNC(=NCc1ccccc1Cl)NCc1ccccn1.I. The number of nitrogens with zero attached hydrogens (tertiary/aromatic N) is 2. The molecular formula is C16H20ClIN4. The quantitative estimate of drug-likeness (QED) is 0.433.